The number of benzene rings is 1. The number of carbonyl (C=O) groups excluding carboxylic acids is 1. The Bertz CT molecular complexity index is 679. The van der Waals surface area contributed by atoms with Crippen molar-refractivity contribution < 1.29 is 4.79 Å². The molecule has 0 aliphatic carbocycles. The van der Waals surface area contributed by atoms with Crippen molar-refractivity contribution in [3.05, 3.63) is 46.6 Å². The molecule has 2 heterocycles. The molecule has 102 valence electrons. The van der Waals surface area contributed by atoms with Gasteiger partial charge in [-0.15, -0.1) is 22.0 Å². The van der Waals surface area contributed by atoms with Gasteiger partial charge < -0.3 is 11.1 Å². The lowest BCUT2D eigenvalue weighted by atomic mass is 10.1. The second kappa shape index (κ2) is 5.30. The number of nitrogens with two attached hydrogens (primary N) is 1. The Labute approximate surface area is 124 Å². The first kappa shape index (κ1) is 13.2. The van der Waals surface area contributed by atoms with Gasteiger partial charge in [0.15, 0.2) is 11.0 Å². The summed E-state index contributed by atoms with van der Waals surface area (Å²) in [4.78, 5) is 12.7. The van der Waals surface area contributed by atoms with E-state index in [1.54, 1.807) is 11.8 Å². The number of hydrogen-bond acceptors (Lipinski definition) is 5. The molecule has 1 atom stereocenters. The molecule has 0 radical (unpaired) electrons. The standard InChI is InChI=1S/C13H11ClN4OS/c14-11-5-8(12(15)19)13(18-17-11)16-9-6-20-10-4-2-1-3-7(9)10/h1-5,9H,6H2,(H2,15,19)(H,16,18)/t9-/m1/s1. The number of hydrogen-bond donors (Lipinski definition) is 2. The normalized spacial score (nSPS) is 16.8. The van der Waals surface area contributed by atoms with Gasteiger partial charge in [-0.25, -0.2) is 0 Å². The Morgan fingerprint density at radius 3 is 3.00 bits per heavy atom. The number of halogens is 1. The largest absolute Gasteiger partial charge is 0.365 e. The van der Waals surface area contributed by atoms with Crippen LogP contribution in [0.3, 0.4) is 0 Å². The Morgan fingerprint density at radius 2 is 2.20 bits per heavy atom. The summed E-state index contributed by atoms with van der Waals surface area (Å²) in [5.41, 5.74) is 6.78. The van der Waals surface area contributed by atoms with E-state index in [9.17, 15) is 4.79 Å². The highest BCUT2D eigenvalue weighted by Crippen LogP contribution is 2.39. The molecule has 0 fully saturated rings. The van der Waals surface area contributed by atoms with Crippen LogP contribution in [0.25, 0.3) is 0 Å². The second-order valence-corrected chi connectivity index (χ2v) is 5.79. The molecule has 1 amide bonds. The van der Waals surface area contributed by atoms with Gasteiger partial charge in [-0.2, -0.15) is 0 Å². The molecule has 3 rings (SSSR count). The van der Waals surface area contributed by atoms with E-state index in [4.69, 9.17) is 17.3 Å². The lowest BCUT2D eigenvalue weighted by molar-refractivity contribution is 0.100. The summed E-state index contributed by atoms with van der Waals surface area (Å²) in [5.74, 6) is 0.648. The number of fused-ring (bicyclic) bond motifs is 1. The highest BCUT2D eigenvalue weighted by molar-refractivity contribution is 7.99. The minimum atomic E-state index is -0.580. The monoisotopic (exact) mass is 306 g/mol. The van der Waals surface area contributed by atoms with Crippen molar-refractivity contribution in [3.63, 3.8) is 0 Å². The van der Waals surface area contributed by atoms with Gasteiger partial charge >= 0.3 is 0 Å². The van der Waals surface area contributed by atoms with E-state index < -0.39 is 5.91 Å². The van der Waals surface area contributed by atoms with Crippen LogP contribution in [0.1, 0.15) is 22.0 Å². The maximum Gasteiger partial charge on any atom is 0.252 e. The number of amides is 1. The molecular weight excluding hydrogens is 296 g/mol. The van der Waals surface area contributed by atoms with E-state index in [1.807, 2.05) is 12.1 Å². The highest BCUT2D eigenvalue weighted by Gasteiger charge is 2.24. The molecule has 5 nitrogen and oxygen atoms in total. The van der Waals surface area contributed by atoms with E-state index in [0.717, 1.165) is 5.75 Å². The Morgan fingerprint density at radius 1 is 1.40 bits per heavy atom. The molecule has 0 spiro atoms. The van der Waals surface area contributed by atoms with E-state index in [0.29, 0.717) is 5.82 Å². The number of nitrogens with one attached hydrogen (secondary N) is 1. The SMILES string of the molecule is NC(=O)c1cc(Cl)nnc1N[C@@H]1CSc2ccccc21. The van der Waals surface area contributed by atoms with Gasteiger partial charge in [0.2, 0.25) is 0 Å². The van der Waals surface area contributed by atoms with Crippen LogP contribution in [0, 0.1) is 0 Å². The summed E-state index contributed by atoms with van der Waals surface area (Å²) in [6, 6.07) is 9.62. The first-order valence-corrected chi connectivity index (χ1v) is 7.33. The molecule has 0 unspecified atom stereocenters. The fourth-order valence-electron chi connectivity index (χ4n) is 2.11. The summed E-state index contributed by atoms with van der Waals surface area (Å²) in [6.45, 7) is 0. The Kier molecular flexibility index (Phi) is 3.50. The summed E-state index contributed by atoms with van der Waals surface area (Å²) >= 11 is 7.51. The first-order valence-electron chi connectivity index (χ1n) is 5.96. The zero-order valence-electron chi connectivity index (χ0n) is 10.3. The summed E-state index contributed by atoms with van der Waals surface area (Å²) in [7, 11) is 0. The van der Waals surface area contributed by atoms with Crippen molar-refractivity contribution in [3.8, 4) is 0 Å². The average Bonchev–Trinajstić information content (AvgIpc) is 2.84. The number of rotatable bonds is 3. The Hall–Kier alpha value is -1.79. The van der Waals surface area contributed by atoms with Gasteiger partial charge in [-0.05, 0) is 17.7 Å². The summed E-state index contributed by atoms with van der Waals surface area (Å²) < 4.78 is 0. The first-order chi connectivity index (χ1) is 9.65. The van der Waals surface area contributed by atoms with Crippen molar-refractivity contribution in [2.75, 3.05) is 11.1 Å². The molecule has 1 aromatic carbocycles. The number of carbonyl (C=O) groups is 1. The molecule has 0 saturated carbocycles. The van der Waals surface area contributed by atoms with Crippen molar-refractivity contribution >= 4 is 35.1 Å². The molecule has 7 heteroatoms. The van der Waals surface area contributed by atoms with Crippen LogP contribution < -0.4 is 11.1 Å². The highest BCUT2D eigenvalue weighted by atomic mass is 35.5. The number of anilines is 1. The van der Waals surface area contributed by atoms with Crippen LogP contribution in [-0.2, 0) is 0 Å². The van der Waals surface area contributed by atoms with E-state index in [1.165, 1.54) is 16.5 Å². The molecule has 1 aliphatic heterocycles. The quantitative estimate of drug-likeness (QED) is 0.910. The molecule has 1 aliphatic rings. The van der Waals surface area contributed by atoms with Gasteiger partial charge in [0.25, 0.3) is 5.91 Å². The van der Waals surface area contributed by atoms with E-state index in [-0.39, 0.29) is 16.8 Å². The van der Waals surface area contributed by atoms with Crippen molar-refractivity contribution in [1.82, 2.24) is 10.2 Å². The number of nitrogens with zero attached hydrogens (tertiary/aromatic N) is 2. The zero-order chi connectivity index (χ0) is 14.1. The molecular formula is C13H11ClN4OS. The van der Waals surface area contributed by atoms with Gasteiger partial charge in [0.1, 0.15) is 0 Å². The minimum Gasteiger partial charge on any atom is -0.365 e. The minimum absolute atomic E-state index is 0.0739. The van der Waals surface area contributed by atoms with Crippen molar-refractivity contribution in [2.45, 2.75) is 10.9 Å². The van der Waals surface area contributed by atoms with Crippen LogP contribution in [0.2, 0.25) is 5.15 Å². The Balaban J connectivity index is 1.92. The number of primary amides is 1. The second-order valence-electron chi connectivity index (χ2n) is 4.34. The molecule has 3 N–H and O–H groups in total. The molecule has 20 heavy (non-hydrogen) atoms. The zero-order valence-corrected chi connectivity index (χ0v) is 11.9. The van der Waals surface area contributed by atoms with Gasteiger partial charge in [-0.1, -0.05) is 29.8 Å². The molecule has 2 aromatic rings. The van der Waals surface area contributed by atoms with Crippen LogP contribution in [0.5, 0.6) is 0 Å². The van der Waals surface area contributed by atoms with Crippen molar-refractivity contribution in [2.24, 2.45) is 5.73 Å². The van der Waals surface area contributed by atoms with Crippen LogP contribution in [0.4, 0.5) is 5.82 Å². The number of thioether (sulfide) groups is 1. The maximum atomic E-state index is 11.4. The molecule has 1 aromatic heterocycles. The van der Waals surface area contributed by atoms with Crippen LogP contribution in [0.15, 0.2) is 35.2 Å². The van der Waals surface area contributed by atoms with Crippen LogP contribution in [-0.4, -0.2) is 21.9 Å². The van der Waals surface area contributed by atoms with Crippen LogP contribution >= 0.6 is 23.4 Å². The fraction of sp³-hybridized carbons (Fsp3) is 0.154. The average molecular weight is 307 g/mol. The topological polar surface area (TPSA) is 80.9 Å². The molecule has 0 saturated heterocycles. The summed E-state index contributed by atoms with van der Waals surface area (Å²) in [6.07, 6.45) is 0. The lowest BCUT2D eigenvalue weighted by Crippen LogP contribution is -2.19. The third-order valence-electron chi connectivity index (χ3n) is 3.04. The number of aromatic nitrogens is 2. The third kappa shape index (κ3) is 2.44. The third-order valence-corrected chi connectivity index (χ3v) is 4.41. The maximum absolute atomic E-state index is 11.4. The van der Waals surface area contributed by atoms with Crippen molar-refractivity contribution in [1.29, 1.82) is 0 Å². The van der Waals surface area contributed by atoms with Gasteiger partial charge in [0, 0.05) is 10.6 Å². The van der Waals surface area contributed by atoms with E-state index in [2.05, 4.69) is 27.6 Å². The van der Waals surface area contributed by atoms with E-state index >= 15 is 0 Å². The smallest absolute Gasteiger partial charge is 0.252 e. The predicted molar refractivity (Wildman–Crippen MR) is 79.1 cm³/mol. The van der Waals surface area contributed by atoms with Gasteiger partial charge in [0.05, 0.1) is 11.6 Å². The van der Waals surface area contributed by atoms with Gasteiger partial charge in [-0.3, -0.25) is 4.79 Å². The lowest BCUT2D eigenvalue weighted by Gasteiger charge is -2.15. The predicted octanol–water partition coefficient (Wildman–Crippen LogP) is 2.49. The fourth-order valence-corrected chi connectivity index (χ4v) is 3.42. The summed E-state index contributed by atoms with van der Waals surface area (Å²) in [5, 5.41) is 11.1. The molecule has 0 bridgehead atoms.